The van der Waals surface area contributed by atoms with Crippen LogP contribution in [0.2, 0.25) is 0 Å². The molecule has 9 heteroatoms. The molecule has 2 aromatic carbocycles. The molecule has 39 heavy (non-hydrogen) atoms. The van der Waals surface area contributed by atoms with E-state index in [9.17, 15) is 14.7 Å². The summed E-state index contributed by atoms with van der Waals surface area (Å²) in [7, 11) is 0. The van der Waals surface area contributed by atoms with E-state index in [2.05, 4.69) is 15.5 Å². The van der Waals surface area contributed by atoms with Gasteiger partial charge in [0, 0.05) is 34.5 Å². The van der Waals surface area contributed by atoms with Gasteiger partial charge in [0.1, 0.15) is 6.61 Å². The van der Waals surface area contributed by atoms with E-state index in [1.54, 1.807) is 11.8 Å². The number of fused-ring (bicyclic) bond motifs is 1. The Morgan fingerprint density at radius 1 is 1.13 bits per heavy atom. The van der Waals surface area contributed by atoms with Crippen molar-refractivity contribution in [2.45, 2.75) is 74.1 Å². The Morgan fingerprint density at radius 3 is 2.51 bits per heavy atom. The highest BCUT2D eigenvalue weighted by Gasteiger charge is 2.43. The van der Waals surface area contributed by atoms with Gasteiger partial charge in [0.2, 0.25) is 5.91 Å². The number of hydrogen-bond acceptors (Lipinski definition) is 7. The number of β-amino-alcohol motifs (C(OH)–C–C–N with tert-alkyl or cyclic N) is 1. The third kappa shape index (κ3) is 9.17. The minimum Gasteiger partial charge on any atom is -0.445 e. The van der Waals surface area contributed by atoms with Crippen LogP contribution in [0.25, 0.3) is 0 Å². The molecule has 2 saturated heterocycles. The second kappa shape index (κ2) is 13.9. The van der Waals surface area contributed by atoms with Crippen LogP contribution in [0, 0.1) is 5.92 Å². The van der Waals surface area contributed by atoms with E-state index in [0.717, 1.165) is 35.6 Å². The summed E-state index contributed by atoms with van der Waals surface area (Å²) in [6.45, 7) is 7.19. The number of benzene rings is 2. The van der Waals surface area contributed by atoms with Gasteiger partial charge < -0.3 is 20.5 Å². The van der Waals surface area contributed by atoms with Gasteiger partial charge in [-0.05, 0) is 63.0 Å². The number of ether oxygens (including phenoxy) is 1. The van der Waals surface area contributed by atoms with Crippen molar-refractivity contribution in [3.8, 4) is 0 Å². The van der Waals surface area contributed by atoms with E-state index in [1.807, 2.05) is 93.2 Å². The summed E-state index contributed by atoms with van der Waals surface area (Å²) in [6, 6.07) is 18.6. The van der Waals surface area contributed by atoms with E-state index < -0.39 is 18.2 Å². The van der Waals surface area contributed by atoms with E-state index >= 15 is 0 Å². The van der Waals surface area contributed by atoms with E-state index in [-0.39, 0.29) is 24.1 Å². The van der Waals surface area contributed by atoms with Crippen LogP contribution in [0.3, 0.4) is 0 Å². The predicted molar refractivity (Wildman–Crippen MR) is 159 cm³/mol. The lowest BCUT2D eigenvalue weighted by molar-refractivity contribution is -0.130. The third-order valence-electron chi connectivity index (χ3n) is 7.09. The highest BCUT2D eigenvalue weighted by atomic mass is 32.2. The first-order chi connectivity index (χ1) is 18.7. The molecule has 2 aliphatic rings. The number of nitrogens with one attached hydrogen (secondary N) is 2. The molecule has 2 aromatic rings. The van der Waals surface area contributed by atoms with Gasteiger partial charge in [0.15, 0.2) is 0 Å². The highest BCUT2D eigenvalue weighted by molar-refractivity contribution is 8.00. The molecule has 212 valence electrons. The maximum Gasteiger partial charge on any atom is 0.407 e. The lowest BCUT2D eigenvalue weighted by atomic mass is 9.89. The number of carbonyl (C=O) groups is 2. The number of hydrogen-bond donors (Lipinski definition) is 3. The molecule has 3 unspecified atom stereocenters. The van der Waals surface area contributed by atoms with Crippen LogP contribution >= 0.6 is 23.5 Å². The van der Waals surface area contributed by atoms with E-state index in [0.29, 0.717) is 23.5 Å². The number of rotatable bonds is 10. The fourth-order valence-corrected chi connectivity index (χ4v) is 7.70. The maximum atomic E-state index is 13.3. The van der Waals surface area contributed by atoms with E-state index in [4.69, 9.17) is 4.74 Å². The van der Waals surface area contributed by atoms with Gasteiger partial charge in [-0.3, -0.25) is 9.69 Å². The Hall–Kier alpha value is -2.20. The van der Waals surface area contributed by atoms with Crippen LogP contribution in [0.5, 0.6) is 0 Å². The Labute approximate surface area is 240 Å². The molecule has 0 spiro atoms. The van der Waals surface area contributed by atoms with Gasteiger partial charge in [-0.25, -0.2) is 4.79 Å². The second-order valence-corrected chi connectivity index (χ2v) is 13.8. The molecule has 7 nitrogen and oxygen atoms in total. The Balaban J connectivity index is 1.44. The Morgan fingerprint density at radius 2 is 1.82 bits per heavy atom. The van der Waals surface area contributed by atoms with Gasteiger partial charge in [-0.15, -0.1) is 11.8 Å². The number of piperidine rings is 1. The molecule has 0 radical (unpaired) electrons. The van der Waals surface area contributed by atoms with Crippen molar-refractivity contribution in [2.75, 3.05) is 24.6 Å². The molecule has 2 aliphatic heterocycles. The predicted octanol–water partition coefficient (Wildman–Crippen LogP) is 4.55. The summed E-state index contributed by atoms with van der Waals surface area (Å²) in [5.41, 5.74) is 0.563. The molecular formula is C30H41N3O4S2. The molecule has 5 atom stereocenters. The average Bonchev–Trinajstić information content (AvgIpc) is 3.37. The highest BCUT2D eigenvalue weighted by Crippen LogP contribution is 2.40. The largest absolute Gasteiger partial charge is 0.445 e. The normalized spacial score (nSPS) is 22.9. The Bertz CT molecular complexity index is 1070. The second-order valence-electron chi connectivity index (χ2n) is 11.4. The standard InChI is InChI=1S/C30H41N3O4S2/c1-30(2,3)32-28(35)25-16-27-22(14-15-38-27)17-33(25)18-26(34)24(20-39-23-12-8-5-9-13-23)31-29(36)37-19-21-10-6-4-7-11-21/h4-13,22,24-27,34H,14-20H2,1-3H3,(H,31,36)(H,32,35)/t22-,24?,25+,26?,27?/m1/s1. The smallest absolute Gasteiger partial charge is 0.407 e. The SMILES string of the molecule is CC(C)(C)NC(=O)[C@@H]1CC2SCC[C@@H]2CN1CC(O)C(CSc1ccccc1)NC(=O)OCc1ccccc1. The number of likely N-dealkylation sites (tertiary alicyclic amines) is 1. The fourth-order valence-electron chi connectivity index (χ4n) is 5.12. The molecule has 4 rings (SSSR count). The molecule has 2 heterocycles. The lowest BCUT2D eigenvalue weighted by Gasteiger charge is -2.43. The van der Waals surface area contributed by atoms with Crippen LogP contribution < -0.4 is 10.6 Å². The van der Waals surface area contributed by atoms with Crippen molar-refractivity contribution in [2.24, 2.45) is 5.92 Å². The van der Waals surface area contributed by atoms with E-state index in [1.165, 1.54) is 0 Å². The zero-order valence-corrected chi connectivity index (χ0v) is 24.7. The van der Waals surface area contributed by atoms with Gasteiger partial charge in [-0.1, -0.05) is 48.5 Å². The Kier molecular flexibility index (Phi) is 10.6. The summed E-state index contributed by atoms with van der Waals surface area (Å²) in [5.74, 6) is 2.11. The van der Waals surface area contributed by atoms with Crippen molar-refractivity contribution in [1.82, 2.24) is 15.5 Å². The lowest BCUT2D eigenvalue weighted by Crippen LogP contribution is -2.60. The number of thioether (sulfide) groups is 2. The summed E-state index contributed by atoms with van der Waals surface area (Å²) in [6.07, 6.45) is 0.470. The zero-order valence-electron chi connectivity index (χ0n) is 23.0. The minimum atomic E-state index is -0.874. The van der Waals surface area contributed by atoms with Crippen LogP contribution in [0.1, 0.15) is 39.2 Å². The van der Waals surface area contributed by atoms with Gasteiger partial charge in [0.25, 0.3) is 0 Å². The van der Waals surface area contributed by atoms with Crippen molar-refractivity contribution in [3.05, 3.63) is 66.2 Å². The number of carbonyl (C=O) groups excluding carboxylic acids is 2. The molecule has 0 aromatic heterocycles. The number of nitrogens with zero attached hydrogens (tertiary/aromatic N) is 1. The average molecular weight is 572 g/mol. The number of aliphatic hydroxyl groups excluding tert-OH is 1. The van der Waals surface area contributed by atoms with Crippen LogP contribution in [0.4, 0.5) is 4.79 Å². The molecule has 2 fully saturated rings. The van der Waals surface area contributed by atoms with Gasteiger partial charge in [0.05, 0.1) is 18.2 Å². The van der Waals surface area contributed by atoms with Crippen LogP contribution in [0.15, 0.2) is 65.6 Å². The summed E-state index contributed by atoms with van der Waals surface area (Å²) in [4.78, 5) is 29.3. The van der Waals surface area contributed by atoms with Crippen molar-refractivity contribution in [1.29, 1.82) is 0 Å². The fraction of sp³-hybridized carbons (Fsp3) is 0.533. The van der Waals surface area contributed by atoms with Crippen molar-refractivity contribution in [3.63, 3.8) is 0 Å². The van der Waals surface area contributed by atoms with Gasteiger partial charge >= 0.3 is 6.09 Å². The minimum absolute atomic E-state index is 0.00564. The summed E-state index contributed by atoms with van der Waals surface area (Å²) >= 11 is 3.54. The summed E-state index contributed by atoms with van der Waals surface area (Å²) in [5, 5.41) is 18.0. The molecule has 0 saturated carbocycles. The molecule has 2 amide bonds. The zero-order chi connectivity index (χ0) is 27.8. The topological polar surface area (TPSA) is 90.9 Å². The first-order valence-corrected chi connectivity index (χ1v) is 15.7. The first kappa shape index (κ1) is 29.8. The number of amides is 2. The van der Waals surface area contributed by atoms with Gasteiger partial charge in [-0.2, -0.15) is 11.8 Å². The molecular weight excluding hydrogens is 530 g/mol. The third-order valence-corrected chi connectivity index (χ3v) is 9.70. The summed E-state index contributed by atoms with van der Waals surface area (Å²) < 4.78 is 5.47. The van der Waals surface area contributed by atoms with Crippen molar-refractivity contribution >= 4 is 35.5 Å². The maximum absolute atomic E-state index is 13.3. The molecule has 3 N–H and O–H groups in total. The van der Waals surface area contributed by atoms with Crippen molar-refractivity contribution < 1.29 is 19.4 Å². The monoisotopic (exact) mass is 571 g/mol. The quantitative estimate of drug-likeness (QED) is 0.361. The van der Waals surface area contributed by atoms with Crippen LogP contribution in [-0.2, 0) is 16.1 Å². The number of aliphatic hydroxyl groups is 1. The number of alkyl carbamates (subject to hydrolysis) is 1. The van der Waals surface area contributed by atoms with Crippen LogP contribution in [-0.4, -0.2) is 75.6 Å². The molecule has 0 bridgehead atoms. The molecule has 0 aliphatic carbocycles. The first-order valence-electron chi connectivity index (χ1n) is 13.7.